The zero-order chi connectivity index (χ0) is 14.2. The van der Waals surface area contributed by atoms with Crippen molar-refractivity contribution in [1.29, 1.82) is 0 Å². The maximum absolute atomic E-state index is 11.7. The van der Waals surface area contributed by atoms with Gasteiger partial charge in [-0.25, -0.2) is 12.7 Å². The van der Waals surface area contributed by atoms with E-state index in [9.17, 15) is 8.42 Å². The van der Waals surface area contributed by atoms with Crippen molar-refractivity contribution in [1.82, 2.24) is 14.4 Å². The normalized spacial score (nSPS) is 25.2. The lowest BCUT2D eigenvalue weighted by molar-refractivity contribution is 0.339. The first-order valence-electron chi connectivity index (χ1n) is 7.09. The van der Waals surface area contributed by atoms with Crippen molar-refractivity contribution >= 4 is 10.0 Å². The molecule has 1 aliphatic carbocycles. The Bertz CT molecular complexity index is 577. The molecule has 1 saturated heterocycles. The van der Waals surface area contributed by atoms with E-state index in [4.69, 9.17) is 10.3 Å². The maximum atomic E-state index is 11.7. The van der Waals surface area contributed by atoms with E-state index >= 15 is 0 Å². The van der Waals surface area contributed by atoms with Crippen molar-refractivity contribution in [2.24, 2.45) is 5.73 Å². The second-order valence-electron chi connectivity index (χ2n) is 5.69. The molecule has 20 heavy (non-hydrogen) atoms. The van der Waals surface area contributed by atoms with Gasteiger partial charge in [-0.3, -0.25) is 0 Å². The van der Waals surface area contributed by atoms with Crippen LogP contribution in [0.4, 0.5) is 0 Å². The SMILES string of the molecule is NC1(c2noc(CCN3CCCS3(=O)=O)n2)CCCC1. The van der Waals surface area contributed by atoms with Crippen molar-refractivity contribution in [3.8, 4) is 0 Å². The summed E-state index contributed by atoms with van der Waals surface area (Å²) in [6.07, 6.45) is 5.09. The van der Waals surface area contributed by atoms with Crippen LogP contribution in [0.3, 0.4) is 0 Å². The molecule has 2 aliphatic rings. The van der Waals surface area contributed by atoms with Gasteiger partial charge in [0.05, 0.1) is 11.3 Å². The summed E-state index contributed by atoms with van der Waals surface area (Å²) in [5.41, 5.74) is 5.81. The van der Waals surface area contributed by atoms with Crippen LogP contribution in [0.2, 0.25) is 0 Å². The zero-order valence-electron chi connectivity index (χ0n) is 11.4. The largest absolute Gasteiger partial charge is 0.339 e. The van der Waals surface area contributed by atoms with Gasteiger partial charge in [0.1, 0.15) is 0 Å². The Hall–Kier alpha value is -0.990. The average molecular weight is 300 g/mol. The molecule has 2 N–H and O–H groups in total. The minimum atomic E-state index is -3.06. The number of sulfonamides is 1. The van der Waals surface area contributed by atoms with Gasteiger partial charge in [-0.2, -0.15) is 4.98 Å². The minimum Gasteiger partial charge on any atom is -0.339 e. The van der Waals surface area contributed by atoms with E-state index in [1.54, 1.807) is 0 Å². The third-order valence-corrected chi connectivity index (χ3v) is 6.14. The second kappa shape index (κ2) is 5.09. The highest BCUT2D eigenvalue weighted by atomic mass is 32.2. The third kappa shape index (κ3) is 2.59. The highest BCUT2D eigenvalue weighted by Gasteiger charge is 2.36. The first kappa shape index (κ1) is 14.0. The number of aromatic nitrogens is 2. The maximum Gasteiger partial charge on any atom is 0.228 e. The van der Waals surface area contributed by atoms with E-state index in [1.165, 1.54) is 4.31 Å². The van der Waals surface area contributed by atoms with Gasteiger partial charge >= 0.3 is 0 Å². The molecule has 2 fully saturated rings. The molecule has 0 bridgehead atoms. The fourth-order valence-electron chi connectivity index (χ4n) is 2.95. The van der Waals surface area contributed by atoms with E-state index in [0.717, 1.165) is 25.7 Å². The van der Waals surface area contributed by atoms with Crippen molar-refractivity contribution in [3.05, 3.63) is 11.7 Å². The number of rotatable bonds is 4. The Kier molecular flexibility index (Phi) is 3.55. The number of hydrogen-bond donors (Lipinski definition) is 1. The van der Waals surface area contributed by atoms with Crippen molar-refractivity contribution in [2.45, 2.75) is 44.1 Å². The lowest BCUT2D eigenvalue weighted by atomic mass is 9.99. The van der Waals surface area contributed by atoms with Gasteiger partial charge in [0.15, 0.2) is 5.82 Å². The van der Waals surface area contributed by atoms with Crippen LogP contribution >= 0.6 is 0 Å². The van der Waals surface area contributed by atoms with Gasteiger partial charge in [-0.05, 0) is 19.3 Å². The molecule has 1 aliphatic heterocycles. The fourth-order valence-corrected chi connectivity index (χ4v) is 4.48. The molecule has 1 saturated carbocycles. The quantitative estimate of drug-likeness (QED) is 0.862. The predicted molar refractivity (Wildman–Crippen MR) is 72.3 cm³/mol. The van der Waals surface area contributed by atoms with Gasteiger partial charge in [-0.15, -0.1) is 0 Å². The summed E-state index contributed by atoms with van der Waals surface area (Å²) in [6.45, 7) is 0.992. The number of nitrogens with two attached hydrogens (primary N) is 1. The van der Waals surface area contributed by atoms with E-state index in [0.29, 0.717) is 37.6 Å². The first-order valence-corrected chi connectivity index (χ1v) is 8.70. The Balaban J connectivity index is 1.63. The lowest BCUT2D eigenvalue weighted by Crippen LogP contribution is -2.34. The topological polar surface area (TPSA) is 102 Å². The Morgan fingerprint density at radius 1 is 1.30 bits per heavy atom. The van der Waals surface area contributed by atoms with Gasteiger partial charge in [0.2, 0.25) is 15.9 Å². The summed E-state index contributed by atoms with van der Waals surface area (Å²) in [6, 6.07) is 0. The minimum absolute atomic E-state index is 0.244. The number of hydrogen-bond acceptors (Lipinski definition) is 6. The predicted octanol–water partition coefficient (Wildman–Crippen LogP) is 0.376. The molecule has 0 aromatic carbocycles. The van der Waals surface area contributed by atoms with E-state index < -0.39 is 15.6 Å². The third-order valence-electron chi connectivity index (χ3n) is 4.19. The standard InChI is InChI=1S/C12H20N4O3S/c13-12(5-1-2-6-12)11-14-10(19-15-11)4-8-16-7-3-9-20(16,17)18/h1-9,13H2. The van der Waals surface area contributed by atoms with E-state index in [-0.39, 0.29) is 5.75 Å². The molecule has 0 unspecified atom stereocenters. The molecule has 7 nitrogen and oxygen atoms in total. The van der Waals surface area contributed by atoms with Crippen LogP contribution in [0.15, 0.2) is 4.52 Å². The molecule has 1 aromatic rings. The molecule has 0 spiro atoms. The van der Waals surface area contributed by atoms with Gasteiger partial charge in [0, 0.05) is 19.5 Å². The zero-order valence-corrected chi connectivity index (χ0v) is 12.2. The molecule has 0 radical (unpaired) electrons. The lowest BCUT2D eigenvalue weighted by Gasteiger charge is -2.17. The average Bonchev–Trinajstić information content (AvgIpc) is 3.08. The Morgan fingerprint density at radius 2 is 2.05 bits per heavy atom. The molecule has 2 heterocycles. The van der Waals surface area contributed by atoms with Crippen LogP contribution in [0.5, 0.6) is 0 Å². The summed E-state index contributed by atoms with van der Waals surface area (Å²) < 4.78 is 30.1. The summed E-state index contributed by atoms with van der Waals surface area (Å²) in [5, 5.41) is 3.97. The molecule has 8 heteroatoms. The van der Waals surface area contributed by atoms with Crippen LogP contribution in [0, 0.1) is 0 Å². The van der Waals surface area contributed by atoms with Crippen LogP contribution in [-0.4, -0.2) is 41.7 Å². The van der Waals surface area contributed by atoms with Crippen molar-refractivity contribution in [3.63, 3.8) is 0 Å². The smallest absolute Gasteiger partial charge is 0.228 e. The van der Waals surface area contributed by atoms with E-state index in [2.05, 4.69) is 10.1 Å². The summed E-state index contributed by atoms with van der Waals surface area (Å²) >= 11 is 0. The second-order valence-corrected chi connectivity index (χ2v) is 7.78. The highest BCUT2D eigenvalue weighted by molar-refractivity contribution is 7.89. The van der Waals surface area contributed by atoms with Crippen LogP contribution in [-0.2, 0) is 22.0 Å². The first-order chi connectivity index (χ1) is 9.50. The molecular weight excluding hydrogens is 280 g/mol. The highest BCUT2D eigenvalue weighted by Crippen LogP contribution is 2.34. The Morgan fingerprint density at radius 3 is 2.70 bits per heavy atom. The number of nitrogens with zero attached hydrogens (tertiary/aromatic N) is 3. The summed E-state index contributed by atoms with van der Waals surface area (Å²) in [7, 11) is -3.06. The molecule has 0 atom stereocenters. The van der Waals surface area contributed by atoms with Crippen LogP contribution < -0.4 is 5.73 Å². The van der Waals surface area contributed by atoms with Gasteiger partial charge in [0.25, 0.3) is 0 Å². The van der Waals surface area contributed by atoms with Gasteiger partial charge < -0.3 is 10.3 Å². The van der Waals surface area contributed by atoms with E-state index in [1.807, 2.05) is 0 Å². The monoisotopic (exact) mass is 300 g/mol. The van der Waals surface area contributed by atoms with Crippen molar-refractivity contribution in [2.75, 3.05) is 18.8 Å². The van der Waals surface area contributed by atoms with Crippen molar-refractivity contribution < 1.29 is 12.9 Å². The van der Waals surface area contributed by atoms with Crippen LogP contribution in [0.1, 0.15) is 43.8 Å². The van der Waals surface area contributed by atoms with Gasteiger partial charge in [-0.1, -0.05) is 18.0 Å². The molecule has 3 rings (SSSR count). The Labute approximate surface area is 118 Å². The molecule has 1 aromatic heterocycles. The molecular formula is C12H20N4O3S. The van der Waals surface area contributed by atoms with Crippen LogP contribution in [0.25, 0.3) is 0 Å². The summed E-state index contributed by atoms with van der Waals surface area (Å²) in [4.78, 5) is 4.35. The molecule has 0 amide bonds. The molecule has 112 valence electrons. The fraction of sp³-hybridized carbons (Fsp3) is 0.833. The summed E-state index contributed by atoms with van der Waals surface area (Å²) in [5.74, 6) is 1.28.